The molecule has 1 amide bonds. The second kappa shape index (κ2) is 5.81. The van der Waals surface area contributed by atoms with Crippen molar-refractivity contribution in [2.24, 2.45) is 5.92 Å². The Hall–Kier alpha value is -1.14. The number of carboxylic acid groups (broad SMARTS) is 1. The van der Waals surface area contributed by atoms with Crippen LogP contribution >= 0.6 is 0 Å². The predicted octanol–water partition coefficient (Wildman–Crippen LogP) is -0.419. The number of hydrogen-bond donors (Lipinski definition) is 1. The maximum Gasteiger partial charge on any atom is 0.311 e. The Morgan fingerprint density at radius 2 is 2.19 bits per heavy atom. The van der Waals surface area contributed by atoms with Crippen molar-refractivity contribution in [3.8, 4) is 0 Å². The summed E-state index contributed by atoms with van der Waals surface area (Å²) in [6.45, 7) is 2.68. The normalized spacial score (nSPS) is 24.4. The average Bonchev–Trinajstić information content (AvgIpc) is 2.68. The highest BCUT2D eigenvalue weighted by Gasteiger charge is 2.39. The molecule has 6 heteroatoms. The van der Waals surface area contributed by atoms with E-state index < -0.39 is 11.9 Å². The molecule has 16 heavy (non-hydrogen) atoms. The van der Waals surface area contributed by atoms with Gasteiger partial charge in [-0.1, -0.05) is 0 Å². The smallest absolute Gasteiger partial charge is 0.311 e. The van der Waals surface area contributed by atoms with E-state index in [0.29, 0.717) is 6.54 Å². The number of likely N-dealkylation sites (N-methyl/N-ethyl adjacent to an activating group) is 1. The molecule has 1 N–H and O–H groups in total. The van der Waals surface area contributed by atoms with Crippen molar-refractivity contribution in [2.45, 2.75) is 13.0 Å². The molecule has 1 aliphatic heterocycles. The fraction of sp³-hybridized carbons (Fsp3) is 0.800. The summed E-state index contributed by atoms with van der Waals surface area (Å²) >= 11 is 0. The fourth-order valence-corrected chi connectivity index (χ4v) is 1.89. The first-order chi connectivity index (χ1) is 7.61. The van der Waals surface area contributed by atoms with Crippen LogP contribution in [-0.2, 0) is 19.1 Å². The van der Waals surface area contributed by atoms with Crippen LogP contribution < -0.4 is 0 Å². The number of aliphatic carboxylic acids is 1. The predicted molar refractivity (Wildman–Crippen MR) is 55.0 cm³/mol. The number of amides is 1. The van der Waals surface area contributed by atoms with Crippen LogP contribution in [-0.4, -0.2) is 61.4 Å². The van der Waals surface area contributed by atoms with Gasteiger partial charge in [0, 0.05) is 13.7 Å². The minimum Gasteiger partial charge on any atom is -0.481 e. The van der Waals surface area contributed by atoms with Crippen molar-refractivity contribution >= 4 is 11.9 Å². The van der Waals surface area contributed by atoms with Gasteiger partial charge in [-0.3, -0.25) is 9.59 Å². The second-order valence-corrected chi connectivity index (χ2v) is 3.66. The Kier molecular flexibility index (Phi) is 4.70. The standard InChI is InChI=1S/C10H17NO5/c1-3-11(9(12)6-15-2)8-5-16-4-7(8)10(13)14/h7-8H,3-6H2,1-2H3,(H,13,14). The highest BCUT2D eigenvalue weighted by Crippen LogP contribution is 2.20. The number of methoxy groups -OCH3 is 1. The largest absolute Gasteiger partial charge is 0.481 e. The highest BCUT2D eigenvalue weighted by atomic mass is 16.5. The molecule has 0 aromatic heterocycles. The van der Waals surface area contributed by atoms with Crippen LogP contribution in [0.3, 0.4) is 0 Å². The van der Waals surface area contributed by atoms with Gasteiger partial charge in [-0.2, -0.15) is 0 Å². The van der Waals surface area contributed by atoms with Gasteiger partial charge in [-0.15, -0.1) is 0 Å². The first kappa shape index (κ1) is 12.9. The lowest BCUT2D eigenvalue weighted by atomic mass is 10.0. The maximum absolute atomic E-state index is 11.7. The summed E-state index contributed by atoms with van der Waals surface area (Å²) in [6.07, 6.45) is 0. The number of carboxylic acids is 1. The van der Waals surface area contributed by atoms with Crippen LogP contribution in [0, 0.1) is 5.92 Å². The zero-order chi connectivity index (χ0) is 12.1. The Bertz CT molecular complexity index is 268. The molecule has 0 aromatic rings. The van der Waals surface area contributed by atoms with E-state index in [1.54, 1.807) is 0 Å². The lowest BCUT2D eigenvalue weighted by Gasteiger charge is -2.29. The molecule has 2 atom stereocenters. The van der Waals surface area contributed by atoms with Gasteiger partial charge in [-0.25, -0.2) is 0 Å². The van der Waals surface area contributed by atoms with Crippen molar-refractivity contribution in [1.29, 1.82) is 0 Å². The lowest BCUT2D eigenvalue weighted by Crippen LogP contribution is -2.47. The van der Waals surface area contributed by atoms with Gasteiger partial charge < -0.3 is 19.5 Å². The quantitative estimate of drug-likeness (QED) is 0.695. The second-order valence-electron chi connectivity index (χ2n) is 3.66. The summed E-state index contributed by atoms with van der Waals surface area (Å²) in [5.41, 5.74) is 0. The van der Waals surface area contributed by atoms with Crippen molar-refractivity contribution in [3.05, 3.63) is 0 Å². The summed E-state index contributed by atoms with van der Waals surface area (Å²) in [7, 11) is 1.44. The number of ether oxygens (including phenoxy) is 2. The van der Waals surface area contributed by atoms with Crippen LogP contribution in [0.2, 0.25) is 0 Å². The third-order valence-corrected chi connectivity index (χ3v) is 2.70. The van der Waals surface area contributed by atoms with Crippen molar-refractivity contribution in [1.82, 2.24) is 4.90 Å². The molecule has 0 radical (unpaired) electrons. The molecule has 0 aromatic carbocycles. The molecule has 1 saturated heterocycles. The number of carbonyl (C=O) groups is 2. The molecular weight excluding hydrogens is 214 g/mol. The number of nitrogens with zero attached hydrogens (tertiary/aromatic N) is 1. The minimum absolute atomic E-state index is 0.0311. The van der Waals surface area contributed by atoms with Gasteiger partial charge in [0.25, 0.3) is 0 Å². The van der Waals surface area contributed by atoms with E-state index in [-0.39, 0.29) is 31.8 Å². The third kappa shape index (κ3) is 2.70. The molecule has 0 spiro atoms. The summed E-state index contributed by atoms with van der Waals surface area (Å²) in [5, 5.41) is 8.99. The third-order valence-electron chi connectivity index (χ3n) is 2.70. The van der Waals surface area contributed by atoms with Gasteiger partial charge in [0.1, 0.15) is 12.5 Å². The summed E-state index contributed by atoms with van der Waals surface area (Å²) in [6, 6.07) is -0.384. The Morgan fingerprint density at radius 3 is 2.69 bits per heavy atom. The van der Waals surface area contributed by atoms with E-state index in [1.807, 2.05) is 6.92 Å². The fourth-order valence-electron chi connectivity index (χ4n) is 1.89. The molecule has 92 valence electrons. The molecule has 0 aliphatic carbocycles. The van der Waals surface area contributed by atoms with Crippen LogP contribution in [0.15, 0.2) is 0 Å². The average molecular weight is 231 g/mol. The lowest BCUT2D eigenvalue weighted by molar-refractivity contribution is -0.146. The van der Waals surface area contributed by atoms with Crippen LogP contribution in [0.1, 0.15) is 6.92 Å². The molecule has 1 aliphatic rings. The Labute approximate surface area is 94.1 Å². The topological polar surface area (TPSA) is 76.1 Å². The van der Waals surface area contributed by atoms with Crippen LogP contribution in [0.25, 0.3) is 0 Å². The first-order valence-corrected chi connectivity index (χ1v) is 5.20. The van der Waals surface area contributed by atoms with E-state index in [9.17, 15) is 9.59 Å². The van der Waals surface area contributed by atoms with E-state index in [2.05, 4.69) is 0 Å². The molecule has 2 unspecified atom stereocenters. The van der Waals surface area contributed by atoms with E-state index in [4.69, 9.17) is 14.6 Å². The number of hydrogen-bond acceptors (Lipinski definition) is 4. The Morgan fingerprint density at radius 1 is 1.50 bits per heavy atom. The van der Waals surface area contributed by atoms with Gasteiger partial charge >= 0.3 is 5.97 Å². The number of rotatable bonds is 5. The molecule has 6 nitrogen and oxygen atoms in total. The van der Waals surface area contributed by atoms with E-state index >= 15 is 0 Å². The van der Waals surface area contributed by atoms with Gasteiger partial charge in [0.15, 0.2) is 0 Å². The SMILES string of the molecule is CCN(C(=O)COC)C1COCC1C(=O)O. The van der Waals surface area contributed by atoms with Crippen LogP contribution in [0.4, 0.5) is 0 Å². The highest BCUT2D eigenvalue weighted by molar-refractivity contribution is 5.79. The molecule has 0 bridgehead atoms. The summed E-state index contributed by atoms with van der Waals surface area (Å²) in [5.74, 6) is -1.77. The zero-order valence-electron chi connectivity index (χ0n) is 9.51. The minimum atomic E-state index is -0.925. The van der Waals surface area contributed by atoms with E-state index in [1.165, 1.54) is 12.0 Å². The zero-order valence-corrected chi connectivity index (χ0v) is 9.51. The summed E-state index contributed by atoms with van der Waals surface area (Å²) < 4.78 is 9.89. The van der Waals surface area contributed by atoms with Crippen molar-refractivity contribution < 1.29 is 24.2 Å². The molecular formula is C10H17NO5. The molecule has 1 heterocycles. The maximum atomic E-state index is 11.7. The molecule has 1 rings (SSSR count). The number of carbonyl (C=O) groups excluding carboxylic acids is 1. The van der Waals surface area contributed by atoms with Crippen molar-refractivity contribution in [3.63, 3.8) is 0 Å². The molecule has 0 saturated carbocycles. The van der Waals surface area contributed by atoms with Crippen LogP contribution in [0.5, 0.6) is 0 Å². The van der Waals surface area contributed by atoms with Gasteiger partial charge in [0.05, 0.1) is 19.3 Å². The van der Waals surface area contributed by atoms with Gasteiger partial charge in [0.2, 0.25) is 5.91 Å². The monoisotopic (exact) mass is 231 g/mol. The van der Waals surface area contributed by atoms with E-state index in [0.717, 1.165) is 0 Å². The van der Waals surface area contributed by atoms with Crippen molar-refractivity contribution in [2.75, 3.05) is 33.5 Å². The molecule has 1 fully saturated rings. The first-order valence-electron chi connectivity index (χ1n) is 5.20. The van der Waals surface area contributed by atoms with Gasteiger partial charge in [-0.05, 0) is 6.92 Å². The summed E-state index contributed by atoms with van der Waals surface area (Å²) in [4.78, 5) is 24.2. The Balaban J connectivity index is 2.71.